The standard InChI is InChI=1S/C24H22N6O2/c1-32-10-8-22(31)27-16-4-2-3-15(11-16)21-13-18-17(7-9-26-24(18)28-21)14-5-6-20-19(12-14)23(25)30-29-20/h2-7,9,11-13H,8,10H2,1H3,(H,26,28)(H,27,31)(H3,25,29,30). The van der Waals surface area contributed by atoms with Gasteiger partial charge in [-0.3, -0.25) is 9.89 Å². The number of anilines is 2. The molecule has 0 atom stereocenters. The number of fused-ring (bicyclic) bond motifs is 2. The molecule has 0 aliphatic heterocycles. The Bertz CT molecular complexity index is 1440. The molecule has 1 amide bonds. The predicted molar refractivity (Wildman–Crippen MR) is 126 cm³/mol. The van der Waals surface area contributed by atoms with Crippen LogP contribution in [0.3, 0.4) is 0 Å². The van der Waals surface area contributed by atoms with Crippen molar-refractivity contribution in [1.29, 1.82) is 0 Å². The number of nitrogens with two attached hydrogens (primary N) is 1. The van der Waals surface area contributed by atoms with Crippen LogP contribution in [0.4, 0.5) is 11.5 Å². The average Bonchev–Trinajstić information content (AvgIpc) is 3.41. The Labute approximate surface area is 183 Å². The largest absolute Gasteiger partial charge is 0.384 e. The van der Waals surface area contributed by atoms with E-state index in [1.807, 2.05) is 48.5 Å². The number of ether oxygens (including phenoxy) is 1. The number of H-pyrrole nitrogens is 2. The van der Waals surface area contributed by atoms with Gasteiger partial charge in [-0.15, -0.1) is 0 Å². The van der Waals surface area contributed by atoms with E-state index in [-0.39, 0.29) is 5.91 Å². The summed E-state index contributed by atoms with van der Waals surface area (Å²) in [5.74, 6) is 0.393. The van der Waals surface area contributed by atoms with Crippen LogP contribution in [0.1, 0.15) is 6.42 Å². The van der Waals surface area contributed by atoms with Gasteiger partial charge in [0.15, 0.2) is 5.82 Å². The van der Waals surface area contributed by atoms with E-state index in [2.05, 4.69) is 31.5 Å². The molecule has 0 bridgehead atoms. The molecule has 0 radical (unpaired) electrons. The third-order valence-corrected chi connectivity index (χ3v) is 5.43. The first-order valence-electron chi connectivity index (χ1n) is 10.2. The first-order chi connectivity index (χ1) is 15.6. The number of nitrogens with one attached hydrogen (secondary N) is 3. The molecule has 0 aliphatic carbocycles. The zero-order valence-electron chi connectivity index (χ0n) is 17.5. The van der Waals surface area contributed by atoms with Crippen molar-refractivity contribution in [1.82, 2.24) is 20.2 Å². The van der Waals surface area contributed by atoms with Gasteiger partial charge >= 0.3 is 0 Å². The molecular formula is C24H22N6O2. The number of pyridine rings is 1. The molecule has 5 aromatic rings. The molecule has 8 nitrogen and oxygen atoms in total. The van der Waals surface area contributed by atoms with Crippen molar-refractivity contribution >= 4 is 39.3 Å². The van der Waals surface area contributed by atoms with Gasteiger partial charge < -0.3 is 20.8 Å². The highest BCUT2D eigenvalue weighted by Crippen LogP contribution is 2.33. The second-order valence-electron chi connectivity index (χ2n) is 7.54. The van der Waals surface area contributed by atoms with Gasteiger partial charge in [-0.25, -0.2) is 4.98 Å². The zero-order valence-corrected chi connectivity index (χ0v) is 17.5. The Morgan fingerprint density at radius 2 is 2.00 bits per heavy atom. The number of benzene rings is 2. The summed E-state index contributed by atoms with van der Waals surface area (Å²) < 4.78 is 4.97. The summed E-state index contributed by atoms with van der Waals surface area (Å²) in [5, 5.41) is 11.8. The topological polar surface area (TPSA) is 122 Å². The second-order valence-corrected chi connectivity index (χ2v) is 7.54. The van der Waals surface area contributed by atoms with Gasteiger partial charge in [0.1, 0.15) is 5.65 Å². The molecular weight excluding hydrogens is 404 g/mol. The Hall–Kier alpha value is -4.17. The maximum absolute atomic E-state index is 12.0. The lowest BCUT2D eigenvalue weighted by molar-refractivity contribution is -0.117. The highest BCUT2D eigenvalue weighted by Gasteiger charge is 2.12. The van der Waals surface area contributed by atoms with Crippen molar-refractivity contribution in [2.24, 2.45) is 0 Å². The van der Waals surface area contributed by atoms with E-state index in [1.54, 1.807) is 13.3 Å². The van der Waals surface area contributed by atoms with Crippen LogP contribution in [0.2, 0.25) is 0 Å². The zero-order chi connectivity index (χ0) is 22.1. The molecule has 5 N–H and O–H groups in total. The molecule has 0 unspecified atom stereocenters. The number of hydrogen-bond donors (Lipinski definition) is 4. The van der Waals surface area contributed by atoms with Gasteiger partial charge in [0.05, 0.1) is 18.5 Å². The van der Waals surface area contributed by atoms with Gasteiger partial charge in [0.2, 0.25) is 5.91 Å². The van der Waals surface area contributed by atoms with E-state index in [4.69, 9.17) is 10.5 Å². The number of carbonyl (C=O) groups excluding carboxylic acids is 1. The molecule has 0 saturated carbocycles. The van der Waals surface area contributed by atoms with Crippen molar-refractivity contribution in [2.45, 2.75) is 6.42 Å². The Morgan fingerprint density at radius 1 is 1.09 bits per heavy atom. The number of aromatic amines is 2. The van der Waals surface area contributed by atoms with Gasteiger partial charge in [-0.05, 0) is 47.5 Å². The average molecular weight is 426 g/mol. The summed E-state index contributed by atoms with van der Waals surface area (Å²) in [5.41, 5.74) is 12.4. The van der Waals surface area contributed by atoms with Crippen molar-refractivity contribution in [3.63, 3.8) is 0 Å². The summed E-state index contributed by atoms with van der Waals surface area (Å²) in [6.45, 7) is 0.387. The monoisotopic (exact) mass is 426 g/mol. The number of nitrogen functional groups attached to an aromatic ring is 1. The van der Waals surface area contributed by atoms with Crippen LogP contribution in [0.25, 0.3) is 44.3 Å². The van der Waals surface area contributed by atoms with E-state index >= 15 is 0 Å². The number of methoxy groups -OCH3 is 1. The van der Waals surface area contributed by atoms with Crippen LogP contribution in [-0.2, 0) is 9.53 Å². The molecule has 3 heterocycles. The molecule has 160 valence electrons. The maximum atomic E-state index is 12.0. The lowest BCUT2D eigenvalue weighted by Gasteiger charge is -2.06. The minimum absolute atomic E-state index is 0.0847. The normalized spacial score (nSPS) is 11.3. The van der Waals surface area contributed by atoms with Crippen molar-refractivity contribution in [3.8, 4) is 22.4 Å². The smallest absolute Gasteiger partial charge is 0.226 e. The Balaban J connectivity index is 1.51. The van der Waals surface area contributed by atoms with E-state index in [0.29, 0.717) is 18.8 Å². The molecule has 0 fully saturated rings. The van der Waals surface area contributed by atoms with Crippen LogP contribution in [0.5, 0.6) is 0 Å². The molecule has 0 saturated heterocycles. The number of hydrogen-bond acceptors (Lipinski definition) is 5. The van der Waals surface area contributed by atoms with Crippen LogP contribution in [-0.4, -0.2) is 39.8 Å². The highest BCUT2D eigenvalue weighted by atomic mass is 16.5. The quantitative estimate of drug-likeness (QED) is 0.322. The third kappa shape index (κ3) is 3.67. The number of amides is 1. The molecule has 0 aliphatic rings. The molecule has 5 rings (SSSR count). The minimum Gasteiger partial charge on any atom is -0.384 e. The van der Waals surface area contributed by atoms with Crippen LogP contribution < -0.4 is 11.1 Å². The fourth-order valence-electron chi connectivity index (χ4n) is 3.82. The highest BCUT2D eigenvalue weighted by molar-refractivity contribution is 6.00. The Kier molecular flexibility index (Phi) is 5.04. The predicted octanol–water partition coefficient (Wildman–Crippen LogP) is 4.33. The lowest BCUT2D eigenvalue weighted by atomic mass is 10.0. The van der Waals surface area contributed by atoms with Gasteiger partial charge in [0, 0.05) is 41.0 Å². The van der Waals surface area contributed by atoms with Crippen molar-refractivity contribution in [3.05, 3.63) is 60.8 Å². The second kappa shape index (κ2) is 8.16. The number of nitrogens with zero attached hydrogens (tertiary/aromatic N) is 2. The number of aromatic nitrogens is 4. The van der Waals surface area contributed by atoms with Crippen molar-refractivity contribution < 1.29 is 9.53 Å². The fraction of sp³-hybridized carbons (Fsp3) is 0.125. The fourth-order valence-corrected chi connectivity index (χ4v) is 3.82. The number of rotatable bonds is 6. The van der Waals surface area contributed by atoms with E-state index in [0.717, 1.165) is 50.0 Å². The van der Waals surface area contributed by atoms with Gasteiger partial charge in [0.25, 0.3) is 0 Å². The molecule has 0 spiro atoms. The van der Waals surface area contributed by atoms with Crippen molar-refractivity contribution in [2.75, 3.05) is 24.8 Å². The van der Waals surface area contributed by atoms with Crippen LogP contribution in [0, 0.1) is 0 Å². The first-order valence-corrected chi connectivity index (χ1v) is 10.2. The maximum Gasteiger partial charge on any atom is 0.226 e. The first kappa shape index (κ1) is 19.8. The lowest BCUT2D eigenvalue weighted by Crippen LogP contribution is -2.13. The van der Waals surface area contributed by atoms with Gasteiger partial charge in [-0.1, -0.05) is 18.2 Å². The summed E-state index contributed by atoms with van der Waals surface area (Å²) in [6, 6.07) is 17.8. The summed E-state index contributed by atoms with van der Waals surface area (Å²) in [7, 11) is 1.58. The summed E-state index contributed by atoms with van der Waals surface area (Å²) >= 11 is 0. The Morgan fingerprint density at radius 3 is 2.88 bits per heavy atom. The minimum atomic E-state index is -0.0847. The molecule has 3 aromatic heterocycles. The summed E-state index contributed by atoms with van der Waals surface area (Å²) in [4.78, 5) is 19.9. The molecule has 8 heteroatoms. The summed E-state index contributed by atoms with van der Waals surface area (Å²) in [6.07, 6.45) is 2.10. The van der Waals surface area contributed by atoms with E-state index < -0.39 is 0 Å². The van der Waals surface area contributed by atoms with E-state index in [9.17, 15) is 4.79 Å². The van der Waals surface area contributed by atoms with Gasteiger partial charge in [-0.2, -0.15) is 5.10 Å². The SMILES string of the molecule is COCCC(=O)Nc1cccc(-c2cc3c(-c4ccc5[nH]nc(N)c5c4)ccnc3[nH]2)c1. The molecule has 2 aromatic carbocycles. The van der Waals surface area contributed by atoms with Crippen LogP contribution >= 0.6 is 0 Å². The number of carbonyl (C=O) groups is 1. The molecule has 32 heavy (non-hydrogen) atoms. The van der Waals surface area contributed by atoms with Crippen LogP contribution in [0.15, 0.2) is 60.8 Å². The van der Waals surface area contributed by atoms with E-state index in [1.165, 1.54) is 0 Å². The third-order valence-electron chi connectivity index (χ3n) is 5.43.